The van der Waals surface area contributed by atoms with Gasteiger partial charge in [-0.2, -0.15) is 0 Å². The van der Waals surface area contributed by atoms with Crippen LogP contribution >= 0.6 is 11.3 Å². The van der Waals surface area contributed by atoms with Crippen molar-refractivity contribution < 1.29 is 14.3 Å². The predicted molar refractivity (Wildman–Crippen MR) is 58.5 cm³/mol. The Kier molecular flexibility index (Phi) is 2.51. The summed E-state index contributed by atoms with van der Waals surface area (Å²) in [7, 11) is 0. The van der Waals surface area contributed by atoms with Gasteiger partial charge in [0, 0.05) is 15.7 Å². The molecule has 0 bridgehead atoms. The van der Waals surface area contributed by atoms with Crippen LogP contribution in [-0.4, -0.2) is 11.1 Å². The van der Waals surface area contributed by atoms with Gasteiger partial charge in [0.05, 0.1) is 0 Å². The molecule has 2 rings (SSSR count). The standard InChI is InChI=1S/C11H7FO2S/c12-8-2-1-7-5-9(3-4-11(13)14)15-10(7)6-8/h1-6H,(H,13,14)/b4-3+. The SMILES string of the molecule is O=C(O)/C=C/c1cc2ccc(F)cc2s1. The molecule has 0 radical (unpaired) electrons. The number of rotatable bonds is 2. The second kappa shape index (κ2) is 3.82. The fourth-order valence-corrected chi connectivity index (χ4v) is 2.25. The molecule has 0 spiro atoms. The van der Waals surface area contributed by atoms with Gasteiger partial charge in [0.15, 0.2) is 0 Å². The Morgan fingerprint density at radius 2 is 2.20 bits per heavy atom. The molecule has 0 saturated heterocycles. The third-order valence-corrected chi connectivity index (χ3v) is 2.95. The van der Waals surface area contributed by atoms with Gasteiger partial charge in [-0.25, -0.2) is 9.18 Å². The van der Waals surface area contributed by atoms with E-state index < -0.39 is 5.97 Å². The smallest absolute Gasteiger partial charge is 0.328 e. The van der Waals surface area contributed by atoms with Crippen molar-refractivity contribution in [2.45, 2.75) is 0 Å². The zero-order valence-electron chi connectivity index (χ0n) is 7.61. The predicted octanol–water partition coefficient (Wildman–Crippen LogP) is 3.14. The van der Waals surface area contributed by atoms with E-state index in [1.54, 1.807) is 6.07 Å². The van der Waals surface area contributed by atoms with Crippen LogP contribution in [0.1, 0.15) is 4.88 Å². The Labute approximate surface area is 89.3 Å². The lowest BCUT2D eigenvalue weighted by Gasteiger charge is -1.86. The number of halogens is 1. The molecular formula is C11H7FO2S. The molecule has 4 heteroatoms. The molecule has 0 fully saturated rings. The number of hydrogen-bond acceptors (Lipinski definition) is 2. The first-order valence-electron chi connectivity index (χ1n) is 4.25. The van der Waals surface area contributed by atoms with Gasteiger partial charge in [-0.05, 0) is 29.7 Å². The molecule has 15 heavy (non-hydrogen) atoms. The largest absolute Gasteiger partial charge is 0.478 e. The maximum absolute atomic E-state index is 12.9. The Morgan fingerprint density at radius 1 is 1.40 bits per heavy atom. The van der Waals surface area contributed by atoms with Gasteiger partial charge < -0.3 is 5.11 Å². The first-order valence-corrected chi connectivity index (χ1v) is 5.07. The van der Waals surface area contributed by atoms with E-state index in [0.29, 0.717) is 0 Å². The maximum atomic E-state index is 12.9. The molecule has 1 aromatic carbocycles. The molecular weight excluding hydrogens is 215 g/mol. The molecule has 0 aliphatic heterocycles. The highest BCUT2D eigenvalue weighted by Crippen LogP contribution is 2.27. The van der Waals surface area contributed by atoms with Gasteiger partial charge in [0.25, 0.3) is 0 Å². The van der Waals surface area contributed by atoms with Crippen LogP contribution in [0.25, 0.3) is 16.2 Å². The van der Waals surface area contributed by atoms with Crippen molar-refractivity contribution in [1.82, 2.24) is 0 Å². The van der Waals surface area contributed by atoms with Crippen LogP contribution < -0.4 is 0 Å². The van der Waals surface area contributed by atoms with Crippen molar-refractivity contribution in [1.29, 1.82) is 0 Å². The van der Waals surface area contributed by atoms with E-state index in [0.717, 1.165) is 21.0 Å². The molecule has 0 aliphatic carbocycles. The fraction of sp³-hybridized carbons (Fsp3) is 0. The van der Waals surface area contributed by atoms with Crippen LogP contribution in [0, 0.1) is 5.82 Å². The minimum Gasteiger partial charge on any atom is -0.478 e. The van der Waals surface area contributed by atoms with E-state index in [1.807, 2.05) is 6.07 Å². The Hall–Kier alpha value is -1.68. The summed E-state index contributed by atoms with van der Waals surface area (Å²) in [6.45, 7) is 0. The van der Waals surface area contributed by atoms with Crippen molar-refractivity contribution in [2.24, 2.45) is 0 Å². The van der Waals surface area contributed by atoms with Crippen LogP contribution in [0.4, 0.5) is 4.39 Å². The minimum atomic E-state index is -0.987. The normalized spacial score (nSPS) is 11.3. The summed E-state index contributed by atoms with van der Waals surface area (Å²) < 4.78 is 13.7. The number of aliphatic carboxylic acids is 1. The van der Waals surface area contributed by atoms with Gasteiger partial charge >= 0.3 is 5.97 Å². The number of benzene rings is 1. The van der Waals surface area contributed by atoms with Gasteiger partial charge in [-0.3, -0.25) is 0 Å². The van der Waals surface area contributed by atoms with E-state index in [4.69, 9.17) is 5.11 Å². The summed E-state index contributed by atoms with van der Waals surface area (Å²) in [4.78, 5) is 11.1. The van der Waals surface area contributed by atoms with E-state index in [2.05, 4.69) is 0 Å². The topological polar surface area (TPSA) is 37.3 Å². The number of thiophene rings is 1. The third-order valence-electron chi connectivity index (χ3n) is 1.89. The van der Waals surface area contributed by atoms with Crippen molar-refractivity contribution in [3.8, 4) is 0 Å². The molecule has 76 valence electrons. The van der Waals surface area contributed by atoms with Crippen LogP contribution in [-0.2, 0) is 4.79 Å². The van der Waals surface area contributed by atoms with Crippen LogP contribution in [0.5, 0.6) is 0 Å². The molecule has 0 amide bonds. The van der Waals surface area contributed by atoms with E-state index in [1.165, 1.54) is 29.5 Å². The average molecular weight is 222 g/mol. The summed E-state index contributed by atoms with van der Waals surface area (Å²) in [5.41, 5.74) is 0. The maximum Gasteiger partial charge on any atom is 0.328 e. The Bertz CT molecular complexity index is 543. The molecule has 2 aromatic rings. The number of hydrogen-bond donors (Lipinski definition) is 1. The first-order chi connectivity index (χ1) is 7.15. The van der Waals surface area contributed by atoms with E-state index in [-0.39, 0.29) is 5.82 Å². The van der Waals surface area contributed by atoms with Gasteiger partial charge in [-0.1, -0.05) is 6.07 Å². The van der Waals surface area contributed by atoms with Crippen LogP contribution in [0.3, 0.4) is 0 Å². The zero-order valence-corrected chi connectivity index (χ0v) is 8.42. The third kappa shape index (κ3) is 2.22. The highest BCUT2D eigenvalue weighted by Gasteiger charge is 2.00. The average Bonchev–Trinajstić information content (AvgIpc) is 2.56. The molecule has 0 saturated carbocycles. The van der Waals surface area contributed by atoms with E-state index in [9.17, 15) is 9.18 Å². The van der Waals surface area contributed by atoms with Gasteiger partial charge in [-0.15, -0.1) is 11.3 Å². The van der Waals surface area contributed by atoms with Crippen molar-refractivity contribution in [3.63, 3.8) is 0 Å². The molecule has 1 N–H and O–H groups in total. The van der Waals surface area contributed by atoms with Crippen LogP contribution in [0.15, 0.2) is 30.3 Å². The fourth-order valence-electron chi connectivity index (χ4n) is 1.26. The summed E-state index contributed by atoms with van der Waals surface area (Å²) in [5.74, 6) is -1.27. The number of carboxylic acid groups (broad SMARTS) is 1. The summed E-state index contributed by atoms with van der Waals surface area (Å²) in [6, 6.07) is 6.34. The second-order valence-electron chi connectivity index (χ2n) is 3.00. The molecule has 0 atom stereocenters. The Balaban J connectivity index is 2.43. The molecule has 1 aromatic heterocycles. The lowest BCUT2D eigenvalue weighted by Crippen LogP contribution is -1.84. The lowest BCUT2D eigenvalue weighted by molar-refractivity contribution is -0.131. The lowest BCUT2D eigenvalue weighted by atomic mass is 10.2. The highest BCUT2D eigenvalue weighted by molar-refractivity contribution is 7.19. The summed E-state index contributed by atoms with van der Waals surface area (Å²) >= 11 is 1.36. The summed E-state index contributed by atoms with van der Waals surface area (Å²) in [6.07, 6.45) is 2.58. The number of fused-ring (bicyclic) bond motifs is 1. The molecule has 0 unspecified atom stereocenters. The molecule has 2 nitrogen and oxygen atoms in total. The number of carbonyl (C=O) groups is 1. The van der Waals surface area contributed by atoms with Gasteiger partial charge in [0.2, 0.25) is 0 Å². The first kappa shape index (κ1) is 9.86. The van der Waals surface area contributed by atoms with Crippen molar-refractivity contribution in [3.05, 3.63) is 41.0 Å². The molecule has 1 heterocycles. The van der Waals surface area contributed by atoms with E-state index >= 15 is 0 Å². The van der Waals surface area contributed by atoms with Crippen molar-refractivity contribution in [2.75, 3.05) is 0 Å². The van der Waals surface area contributed by atoms with Gasteiger partial charge in [0.1, 0.15) is 5.82 Å². The second-order valence-corrected chi connectivity index (χ2v) is 4.12. The quantitative estimate of drug-likeness (QED) is 0.792. The minimum absolute atomic E-state index is 0.280. The molecule has 0 aliphatic rings. The summed E-state index contributed by atoms with van der Waals surface area (Å²) in [5, 5.41) is 9.37. The van der Waals surface area contributed by atoms with Crippen molar-refractivity contribution >= 4 is 33.5 Å². The Morgan fingerprint density at radius 3 is 2.93 bits per heavy atom. The van der Waals surface area contributed by atoms with Crippen LogP contribution in [0.2, 0.25) is 0 Å². The monoisotopic (exact) mass is 222 g/mol. The highest BCUT2D eigenvalue weighted by atomic mass is 32.1. The zero-order chi connectivity index (χ0) is 10.8. The number of carboxylic acids is 1.